The normalized spacial score (nSPS) is 14.2. The number of hydrogen-bond donors (Lipinski definition) is 2. The number of sulfonamides is 1. The Morgan fingerprint density at radius 3 is 2.39 bits per heavy atom. The summed E-state index contributed by atoms with van der Waals surface area (Å²) in [4.78, 5) is 30.2. The minimum Gasteiger partial charge on any atom is -0.320 e. The third kappa shape index (κ3) is 7.24. The maximum Gasteiger partial charge on any atom is 0.274 e. The number of nitrogens with zero attached hydrogens (tertiary/aromatic N) is 1. The molecule has 0 saturated heterocycles. The molecule has 1 aliphatic rings. The number of hydrogen-bond acceptors (Lipinski definition) is 5. The van der Waals surface area contributed by atoms with Gasteiger partial charge in [-0.1, -0.05) is 68.5 Å². The lowest BCUT2D eigenvalue weighted by Crippen LogP contribution is -2.29. The summed E-state index contributed by atoms with van der Waals surface area (Å²) in [5.41, 5.74) is 3.67. The van der Waals surface area contributed by atoms with Crippen LogP contribution in [-0.2, 0) is 22.9 Å². The summed E-state index contributed by atoms with van der Waals surface area (Å²) in [5.74, 6) is -0.433. The summed E-state index contributed by atoms with van der Waals surface area (Å²) in [6.45, 7) is 0. The van der Waals surface area contributed by atoms with E-state index >= 15 is 0 Å². The van der Waals surface area contributed by atoms with Gasteiger partial charge in [0.1, 0.15) is 5.69 Å². The molecule has 36 heavy (non-hydrogen) atoms. The Bertz CT molecular complexity index is 1330. The third-order valence-corrected chi connectivity index (χ3v) is 6.95. The maximum absolute atomic E-state index is 13.1. The van der Waals surface area contributed by atoms with Crippen molar-refractivity contribution in [3.05, 3.63) is 94.8 Å². The van der Waals surface area contributed by atoms with E-state index < -0.39 is 15.9 Å². The summed E-state index contributed by atoms with van der Waals surface area (Å²) >= 11 is 0. The lowest BCUT2D eigenvalue weighted by molar-refractivity contribution is 0.0980. The van der Waals surface area contributed by atoms with Crippen LogP contribution in [0.2, 0.25) is 0 Å². The second-order valence-electron chi connectivity index (χ2n) is 9.41. The fraction of sp³-hybridized carbons (Fsp3) is 0.321. The third-order valence-electron chi connectivity index (χ3n) is 6.39. The highest BCUT2D eigenvalue weighted by Crippen LogP contribution is 2.27. The Hall–Kier alpha value is -3.52. The van der Waals surface area contributed by atoms with Gasteiger partial charge in [-0.15, -0.1) is 0 Å². The predicted octanol–water partition coefficient (Wildman–Crippen LogP) is 4.74. The van der Waals surface area contributed by atoms with E-state index in [1.54, 1.807) is 18.2 Å². The molecular formula is C28H31N3O4S. The van der Waals surface area contributed by atoms with Gasteiger partial charge < -0.3 is 5.32 Å². The molecule has 2 aromatic carbocycles. The molecule has 1 aromatic heterocycles. The molecule has 188 valence electrons. The van der Waals surface area contributed by atoms with Crippen LogP contribution in [0.4, 0.5) is 5.69 Å². The molecule has 1 saturated carbocycles. The second kappa shape index (κ2) is 11.5. The maximum atomic E-state index is 13.1. The molecule has 0 unspecified atom stereocenters. The summed E-state index contributed by atoms with van der Waals surface area (Å²) in [6, 6.07) is 19.9. The predicted molar refractivity (Wildman–Crippen MR) is 140 cm³/mol. The Balaban J connectivity index is 1.56. The number of amides is 2. The minimum absolute atomic E-state index is 0.192. The fourth-order valence-corrected chi connectivity index (χ4v) is 5.09. The molecule has 3 aromatic rings. The Labute approximate surface area is 212 Å². The van der Waals surface area contributed by atoms with Crippen LogP contribution in [0.25, 0.3) is 0 Å². The number of rotatable bonds is 8. The molecule has 0 radical (unpaired) electrons. The van der Waals surface area contributed by atoms with E-state index in [0.717, 1.165) is 23.9 Å². The van der Waals surface area contributed by atoms with Gasteiger partial charge in [0.15, 0.2) is 0 Å². The molecule has 0 bridgehead atoms. The van der Waals surface area contributed by atoms with Crippen LogP contribution in [-0.4, -0.2) is 31.5 Å². The van der Waals surface area contributed by atoms with Crippen molar-refractivity contribution >= 4 is 27.5 Å². The van der Waals surface area contributed by atoms with Crippen molar-refractivity contribution in [2.45, 2.75) is 44.9 Å². The van der Waals surface area contributed by atoms with Gasteiger partial charge in [-0.05, 0) is 60.2 Å². The largest absolute Gasteiger partial charge is 0.320 e. The van der Waals surface area contributed by atoms with Gasteiger partial charge in [-0.25, -0.2) is 18.1 Å². The zero-order valence-electron chi connectivity index (χ0n) is 20.4. The van der Waals surface area contributed by atoms with Crippen LogP contribution >= 0.6 is 0 Å². The number of benzene rings is 2. The number of pyridine rings is 1. The number of nitrogens with one attached hydrogen (secondary N) is 2. The van der Waals surface area contributed by atoms with Crippen molar-refractivity contribution < 1.29 is 18.0 Å². The Kier molecular flexibility index (Phi) is 8.15. The summed E-state index contributed by atoms with van der Waals surface area (Å²) in [5, 5.41) is 2.94. The first-order chi connectivity index (χ1) is 17.3. The number of carbonyl (C=O) groups excluding carboxylic acids is 2. The topological polar surface area (TPSA) is 105 Å². The molecule has 2 amide bonds. The van der Waals surface area contributed by atoms with Crippen LogP contribution in [0.15, 0.2) is 66.7 Å². The lowest BCUT2D eigenvalue weighted by atomic mass is 9.86. The van der Waals surface area contributed by atoms with E-state index in [9.17, 15) is 18.0 Å². The van der Waals surface area contributed by atoms with Crippen molar-refractivity contribution in [1.29, 1.82) is 0 Å². The highest BCUT2D eigenvalue weighted by Gasteiger charge is 2.18. The van der Waals surface area contributed by atoms with Crippen molar-refractivity contribution in [3.8, 4) is 0 Å². The molecule has 8 heteroatoms. The lowest BCUT2D eigenvalue weighted by Gasteiger charge is -2.21. The molecule has 1 heterocycles. The first-order valence-electron chi connectivity index (χ1n) is 12.2. The molecule has 1 fully saturated rings. The molecule has 0 spiro atoms. The van der Waals surface area contributed by atoms with Crippen LogP contribution < -0.4 is 10.0 Å². The highest BCUT2D eigenvalue weighted by atomic mass is 32.2. The Morgan fingerprint density at radius 1 is 0.917 bits per heavy atom. The van der Waals surface area contributed by atoms with Crippen molar-refractivity contribution in [1.82, 2.24) is 9.71 Å². The first kappa shape index (κ1) is 25.6. The zero-order chi connectivity index (χ0) is 25.5. The summed E-state index contributed by atoms with van der Waals surface area (Å²) in [7, 11) is -3.70. The van der Waals surface area contributed by atoms with Gasteiger partial charge in [-0.3, -0.25) is 9.59 Å². The quantitative estimate of drug-likeness (QED) is 0.460. The van der Waals surface area contributed by atoms with Gasteiger partial charge in [0.25, 0.3) is 11.8 Å². The van der Waals surface area contributed by atoms with Crippen LogP contribution in [0.5, 0.6) is 0 Å². The van der Waals surface area contributed by atoms with E-state index in [0.29, 0.717) is 29.3 Å². The smallest absolute Gasteiger partial charge is 0.274 e. The second-order valence-corrected chi connectivity index (χ2v) is 11.2. The Morgan fingerprint density at radius 2 is 1.67 bits per heavy atom. The fourth-order valence-electron chi connectivity index (χ4n) is 4.64. The van der Waals surface area contributed by atoms with Gasteiger partial charge in [0, 0.05) is 16.9 Å². The molecule has 7 nitrogen and oxygen atoms in total. The molecule has 1 aliphatic carbocycles. The first-order valence-corrected chi connectivity index (χ1v) is 14.1. The zero-order valence-corrected chi connectivity index (χ0v) is 21.2. The van der Waals surface area contributed by atoms with E-state index in [-0.39, 0.29) is 11.5 Å². The van der Waals surface area contributed by atoms with E-state index in [4.69, 9.17) is 0 Å². The van der Waals surface area contributed by atoms with E-state index in [1.165, 1.54) is 38.2 Å². The van der Waals surface area contributed by atoms with E-state index in [2.05, 4.69) is 10.3 Å². The highest BCUT2D eigenvalue weighted by molar-refractivity contribution is 7.89. The van der Waals surface area contributed by atoms with Gasteiger partial charge in [-0.2, -0.15) is 0 Å². The molecule has 2 N–H and O–H groups in total. The average Bonchev–Trinajstić information content (AvgIpc) is 2.85. The number of aromatic nitrogens is 1. The molecular weight excluding hydrogens is 474 g/mol. The molecule has 0 aliphatic heterocycles. The molecule has 0 atom stereocenters. The number of anilines is 1. The summed E-state index contributed by atoms with van der Waals surface area (Å²) < 4.78 is 25.0. The van der Waals surface area contributed by atoms with Gasteiger partial charge in [0.2, 0.25) is 10.0 Å². The van der Waals surface area contributed by atoms with Crippen molar-refractivity contribution in [3.63, 3.8) is 0 Å². The standard InChI is InChI=1S/C28H31N3O4S/c1-36(34,35)31-27(32)22-15-16-25(23(19-22)17-20-9-4-2-5-10-20)30-28(33)26-14-8-13-24(29-26)18-21-11-6-3-7-12-21/h2,4-5,8-10,13-16,19,21H,3,6-7,11-12,17-18H2,1H3,(H,30,33)(H,31,32). The van der Waals surface area contributed by atoms with Crippen molar-refractivity contribution in [2.24, 2.45) is 5.92 Å². The van der Waals surface area contributed by atoms with E-state index in [1.807, 2.05) is 47.2 Å². The van der Waals surface area contributed by atoms with Crippen LogP contribution in [0.3, 0.4) is 0 Å². The summed E-state index contributed by atoms with van der Waals surface area (Å²) in [6.07, 6.45) is 8.49. The molecule has 4 rings (SSSR count). The number of carbonyl (C=O) groups is 2. The van der Waals surface area contributed by atoms with Gasteiger partial charge >= 0.3 is 0 Å². The van der Waals surface area contributed by atoms with Gasteiger partial charge in [0.05, 0.1) is 6.26 Å². The minimum atomic E-state index is -3.70. The average molecular weight is 506 g/mol. The van der Waals surface area contributed by atoms with Crippen LogP contribution in [0.1, 0.15) is 69.8 Å². The SMILES string of the molecule is CS(=O)(=O)NC(=O)c1ccc(NC(=O)c2cccc(CC3CCCCC3)n2)c(Cc2ccccc2)c1. The van der Waals surface area contributed by atoms with Crippen molar-refractivity contribution in [2.75, 3.05) is 11.6 Å². The monoisotopic (exact) mass is 505 g/mol. The van der Waals surface area contributed by atoms with Crippen LogP contribution in [0, 0.1) is 5.92 Å².